The number of nitrogens with one attached hydrogen (secondary N) is 1. The molecule has 1 saturated carbocycles. The van der Waals surface area contributed by atoms with Gasteiger partial charge in [0.15, 0.2) is 0 Å². The topological polar surface area (TPSA) is 37.8 Å². The number of thioether (sulfide) groups is 1. The molecule has 0 aliphatic heterocycles. The molecule has 1 aromatic rings. The van der Waals surface area contributed by atoms with Crippen molar-refractivity contribution in [3.8, 4) is 0 Å². The molecule has 3 nitrogen and oxygen atoms in total. The molecule has 1 aliphatic carbocycles. The fraction of sp³-hybridized carbons (Fsp3) is 0.692. The quantitative estimate of drug-likeness (QED) is 0.895. The number of rotatable bonds is 3. The van der Waals surface area contributed by atoms with Gasteiger partial charge in [-0.3, -0.25) is 0 Å². The summed E-state index contributed by atoms with van der Waals surface area (Å²) >= 11 is 2.01. The predicted octanol–water partition coefficient (Wildman–Crippen LogP) is 3.18. The third kappa shape index (κ3) is 3.60. The van der Waals surface area contributed by atoms with E-state index in [0.717, 1.165) is 22.6 Å². The van der Waals surface area contributed by atoms with Crippen molar-refractivity contribution in [3.05, 3.63) is 17.6 Å². The van der Waals surface area contributed by atoms with Crippen LogP contribution in [0.3, 0.4) is 0 Å². The molecule has 0 bridgehead atoms. The molecular weight excluding hydrogens is 230 g/mol. The molecule has 4 heteroatoms. The van der Waals surface area contributed by atoms with Crippen LogP contribution >= 0.6 is 11.8 Å². The van der Waals surface area contributed by atoms with Gasteiger partial charge in [-0.2, -0.15) is 11.8 Å². The summed E-state index contributed by atoms with van der Waals surface area (Å²) in [5.41, 5.74) is 1.04. The van der Waals surface area contributed by atoms with Crippen LogP contribution < -0.4 is 5.32 Å². The molecule has 1 N–H and O–H groups in total. The molecule has 0 spiro atoms. The predicted molar refractivity (Wildman–Crippen MR) is 74.7 cm³/mol. The fourth-order valence-corrected chi connectivity index (χ4v) is 3.19. The summed E-state index contributed by atoms with van der Waals surface area (Å²) in [4.78, 5) is 8.74. The van der Waals surface area contributed by atoms with Crippen molar-refractivity contribution in [1.29, 1.82) is 0 Å². The third-order valence-corrected chi connectivity index (χ3v) is 4.46. The van der Waals surface area contributed by atoms with Gasteiger partial charge in [-0.05, 0) is 45.8 Å². The molecule has 0 amide bonds. The molecule has 2 rings (SSSR count). The number of nitrogens with zero attached hydrogens (tertiary/aromatic N) is 2. The molecule has 0 saturated heterocycles. The Bertz CT molecular complexity index is 353. The van der Waals surface area contributed by atoms with E-state index in [1.54, 1.807) is 0 Å². The second-order valence-electron chi connectivity index (χ2n) is 4.80. The molecule has 94 valence electrons. The minimum absolute atomic E-state index is 0.590. The molecule has 1 fully saturated rings. The minimum atomic E-state index is 0.590. The lowest BCUT2D eigenvalue weighted by Crippen LogP contribution is -2.27. The lowest BCUT2D eigenvalue weighted by molar-refractivity contribution is 0.472. The Labute approximate surface area is 108 Å². The fourth-order valence-electron chi connectivity index (χ4n) is 2.44. The first-order valence-corrected chi connectivity index (χ1v) is 7.58. The summed E-state index contributed by atoms with van der Waals surface area (Å²) in [5.74, 6) is 1.84. The van der Waals surface area contributed by atoms with Gasteiger partial charge < -0.3 is 5.32 Å². The van der Waals surface area contributed by atoms with Crippen molar-refractivity contribution in [2.24, 2.45) is 0 Å². The smallest absolute Gasteiger partial charge is 0.130 e. The Hall–Kier alpha value is -0.770. The van der Waals surface area contributed by atoms with E-state index >= 15 is 0 Å². The zero-order chi connectivity index (χ0) is 12.3. The summed E-state index contributed by atoms with van der Waals surface area (Å²) in [6.45, 7) is 3.97. The molecule has 1 aliphatic rings. The van der Waals surface area contributed by atoms with Gasteiger partial charge in [0.2, 0.25) is 0 Å². The van der Waals surface area contributed by atoms with Gasteiger partial charge in [0.25, 0.3) is 0 Å². The van der Waals surface area contributed by atoms with E-state index in [2.05, 4.69) is 21.5 Å². The van der Waals surface area contributed by atoms with Crippen molar-refractivity contribution in [2.75, 3.05) is 11.6 Å². The highest BCUT2D eigenvalue weighted by Crippen LogP contribution is 2.28. The number of aromatic nitrogens is 2. The van der Waals surface area contributed by atoms with E-state index in [0.29, 0.717) is 6.04 Å². The Morgan fingerprint density at radius 1 is 1.18 bits per heavy atom. The molecule has 1 heterocycles. The first-order chi connectivity index (χ1) is 8.17. The molecule has 0 unspecified atom stereocenters. The summed E-state index contributed by atoms with van der Waals surface area (Å²) < 4.78 is 0. The molecule has 17 heavy (non-hydrogen) atoms. The van der Waals surface area contributed by atoms with E-state index in [1.807, 2.05) is 31.7 Å². The maximum Gasteiger partial charge on any atom is 0.130 e. The summed E-state index contributed by atoms with van der Waals surface area (Å²) in [7, 11) is 0. The Morgan fingerprint density at radius 2 is 1.88 bits per heavy atom. The van der Waals surface area contributed by atoms with Crippen LogP contribution in [0.4, 0.5) is 5.82 Å². The van der Waals surface area contributed by atoms with Crippen LogP contribution in [0.25, 0.3) is 0 Å². The first kappa shape index (κ1) is 12.7. The second-order valence-corrected chi connectivity index (χ2v) is 5.93. The highest BCUT2D eigenvalue weighted by Gasteiger charge is 2.20. The van der Waals surface area contributed by atoms with Crippen LogP contribution in [0.15, 0.2) is 6.07 Å². The highest BCUT2D eigenvalue weighted by molar-refractivity contribution is 7.99. The Balaban J connectivity index is 1.93. The molecule has 1 aromatic heterocycles. The summed E-state index contributed by atoms with van der Waals surface area (Å²) in [6, 6.07) is 2.63. The first-order valence-electron chi connectivity index (χ1n) is 6.29. The van der Waals surface area contributed by atoms with E-state index in [-0.39, 0.29) is 0 Å². The maximum absolute atomic E-state index is 4.44. The van der Waals surface area contributed by atoms with Gasteiger partial charge >= 0.3 is 0 Å². The monoisotopic (exact) mass is 251 g/mol. The van der Waals surface area contributed by atoms with Crippen LogP contribution in [0.2, 0.25) is 0 Å². The van der Waals surface area contributed by atoms with Crippen LogP contribution in [0, 0.1) is 13.8 Å². The summed E-state index contributed by atoms with van der Waals surface area (Å²) in [5, 5.41) is 4.41. The lowest BCUT2D eigenvalue weighted by atomic mass is 9.95. The Morgan fingerprint density at radius 3 is 2.47 bits per heavy atom. The standard InChI is InChI=1S/C13H21N3S/c1-9-8-13(15-10(2)14-9)16-11-4-6-12(17-3)7-5-11/h8,11-12H,4-7H2,1-3H3,(H,14,15,16). The van der Waals surface area contributed by atoms with Gasteiger partial charge in [-0.25, -0.2) is 9.97 Å². The minimum Gasteiger partial charge on any atom is -0.367 e. The average molecular weight is 251 g/mol. The molecular formula is C13H21N3S. The Kier molecular flexibility index (Phi) is 4.26. The van der Waals surface area contributed by atoms with E-state index in [1.165, 1.54) is 25.7 Å². The third-order valence-electron chi connectivity index (χ3n) is 3.33. The number of hydrogen-bond acceptors (Lipinski definition) is 4. The summed E-state index contributed by atoms with van der Waals surface area (Å²) in [6.07, 6.45) is 7.38. The average Bonchev–Trinajstić information content (AvgIpc) is 2.28. The van der Waals surface area contributed by atoms with Crippen molar-refractivity contribution >= 4 is 17.6 Å². The molecule has 0 aromatic carbocycles. The largest absolute Gasteiger partial charge is 0.367 e. The lowest BCUT2D eigenvalue weighted by Gasteiger charge is -2.28. The number of aryl methyl sites for hydroxylation is 2. The SMILES string of the molecule is CSC1CCC(Nc2cc(C)nc(C)n2)CC1. The van der Waals surface area contributed by atoms with Crippen molar-refractivity contribution in [1.82, 2.24) is 9.97 Å². The maximum atomic E-state index is 4.44. The van der Waals surface area contributed by atoms with Crippen molar-refractivity contribution in [2.45, 2.75) is 50.8 Å². The van der Waals surface area contributed by atoms with Crippen LogP contribution in [-0.4, -0.2) is 27.5 Å². The highest BCUT2D eigenvalue weighted by atomic mass is 32.2. The zero-order valence-electron chi connectivity index (χ0n) is 10.9. The van der Waals surface area contributed by atoms with E-state index in [4.69, 9.17) is 0 Å². The zero-order valence-corrected chi connectivity index (χ0v) is 11.7. The molecule has 0 atom stereocenters. The van der Waals surface area contributed by atoms with Gasteiger partial charge in [-0.15, -0.1) is 0 Å². The van der Waals surface area contributed by atoms with E-state index in [9.17, 15) is 0 Å². The second kappa shape index (κ2) is 5.71. The van der Waals surface area contributed by atoms with Crippen LogP contribution in [0.1, 0.15) is 37.2 Å². The van der Waals surface area contributed by atoms with Gasteiger partial charge in [0.05, 0.1) is 0 Å². The van der Waals surface area contributed by atoms with Crippen molar-refractivity contribution in [3.63, 3.8) is 0 Å². The normalized spacial score (nSPS) is 24.6. The van der Waals surface area contributed by atoms with Crippen LogP contribution in [-0.2, 0) is 0 Å². The van der Waals surface area contributed by atoms with Gasteiger partial charge in [0, 0.05) is 23.1 Å². The number of anilines is 1. The number of hydrogen-bond donors (Lipinski definition) is 1. The van der Waals surface area contributed by atoms with Crippen LogP contribution in [0.5, 0.6) is 0 Å². The van der Waals surface area contributed by atoms with Gasteiger partial charge in [0.1, 0.15) is 11.6 Å². The molecule has 0 radical (unpaired) electrons. The van der Waals surface area contributed by atoms with Crippen molar-refractivity contribution < 1.29 is 0 Å². The van der Waals surface area contributed by atoms with E-state index < -0.39 is 0 Å². The van der Waals surface area contributed by atoms with Gasteiger partial charge in [-0.1, -0.05) is 0 Å².